The van der Waals surface area contributed by atoms with Gasteiger partial charge in [0.1, 0.15) is 17.6 Å². The SMILES string of the molecule is CN(CC1CCOCC1)c1cc(C(=O)O)c([N+](=O)[O-])cn1. The minimum absolute atomic E-state index is 0.344. The van der Waals surface area contributed by atoms with Gasteiger partial charge in [0.15, 0.2) is 0 Å². The first-order valence-corrected chi connectivity index (χ1v) is 6.65. The third-order valence-corrected chi connectivity index (χ3v) is 3.56. The van der Waals surface area contributed by atoms with Gasteiger partial charge in [0, 0.05) is 32.9 Å². The molecule has 0 aliphatic carbocycles. The smallest absolute Gasteiger partial charge is 0.342 e. The van der Waals surface area contributed by atoms with E-state index < -0.39 is 16.6 Å². The van der Waals surface area contributed by atoms with Crippen LogP contribution in [0.2, 0.25) is 0 Å². The molecular weight excluding hydrogens is 278 g/mol. The number of hydrogen-bond donors (Lipinski definition) is 1. The fourth-order valence-electron chi connectivity index (χ4n) is 2.37. The standard InChI is InChI=1S/C13H17N3O5/c1-15(8-9-2-4-21-5-3-9)12-6-10(13(17)18)11(7-14-12)16(19)20/h6-7,9H,2-5,8H2,1H3,(H,17,18). The van der Waals surface area contributed by atoms with Crippen molar-refractivity contribution in [2.45, 2.75) is 12.8 Å². The normalized spacial score (nSPS) is 15.7. The van der Waals surface area contributed by atoms with E-state index in [0.717, 1.165) is 32.3 Å². The number of carboxylic acids is 1. The summed E-state index contributed by atoms with van der Waals surface area (Å²) in [7, 11) is 1.80. The van der Waals surface area contributed by atoms with Gasteiger partial charge in [-0.25, -0.2) is 9.78 Å². The maximum Gasteiger partial charge on any atom is 0.342 e. The van der Waals surface area contributed by atoms with Crippen LogP contribution in [-0.2, 0) is 4.74 Å². The number of carboxylic acid groups (broad SMARTS) is 1. The molecule has 2 heterocycles. The van der Waals surface area contributed by atoms with Crippen molar-refractivity contribution in [1.29, 1.82) is 0 Å². The number of aromatic carboxylic acids is 1. The van der Waals surface area contributed by atoms with Crippen LogP contribution in [0.25, 0.3) is 0 Å². The number of nitro groups is 1. The third-order valence-electron chi connectivity index (χ3n) is 3.56. The van der Waals surface area contributed by atoms with E-state index in [-0.39, 0.29) is 5.56 Å². The third kappa shape index (κ3) is 3.66. The summed E-state index contributed by atoms with van der Waals surface area (Å²) in [6.07, 6.45) is 2.89. The van der Waals surface area contributed by atoms with E-state index in [1.165, 1.54) is 6.07 Å². The van der Waals surface area contributed by atoms with Gasteiger partial charge in [-0.05, 0) is 18.8 Å². The van der Waals surface area contributed by atoms with Crippen molar-refractivity contribution < 1.29 is 19.6 Å². The molecule has 1 aliphatic rings. The van der Waals surface area contributed by atoms with Crippen molar-refractivity contribution in [2.75, 3.05) is 31.7 Å². The van der Waals surface area contributed by atoms with Gasteiger partial charge in [0.2, 0.25) is 0 Å². The minimum Gasteiger partial charge on any atom is -0.477 e. The van der Waals surface area contributed by atoms with Crippen molar-refractivity contribution in [3.63, 3.8) is 0 Å². The van der Waals surface area contributed by atoms with E-state index in [0.29, 0.717) is 18.3 Å². The number of ether oxygens (including phenoxy) is 1. The van der Waals surface area contributed by atoms with Crippen LogP contribution >= 0.6 is 0 Å². The Kier molecular flexibility index (Phi) is 4.69. The molecule has 0 aromatic carbocycles. The lowest BCUT2D eigenvalue weighted by Gasteiger charge is -2.27. The van der Waals surface area contributed by atoms with Gasteiger partial charge in [-0.15, -0.1) is 0 Å². The lowest BCUT2D eigenvalue weighted by Crippen LogP contribution is -2.30. The van der Waals surface area contributed by atoms with Gasteiger partial charge in [0.25, 0.3) is 0 Å². The Labute approximate surface area is 121 Å². The zero-order chi connectivity index (χ0) is 15.4. The van der Waals surface area contributed by atoms with Crippen LogP contribution in [0.1, 0.15) is 23.2 Å². The number of anilines is 1. The fourth-order valence-corrected chi connectivity index (χ4v) is 2.37. The van der Waals surface area contributed by atoms with Crippen LogP contribution in [-0.4, -0.2) is 47.8 Å². The molecule has 0 amide bonds. The summed E-state index contributed by atoms with van der Waals surface area (Å²) in [5.74, 6) is -0.455. The molecule has 0 radical (unpaired) electrons. The molecule has 8 nitrogen and oxygen atoms in total. The van der Waals surface area contributed by atoms with Crippen molar-refractivity contribution in [3.8, 4) is 0 Å². The van der Waals surface area contributed by atoms with Crippen LogP contribution < -0.4 is 4.90 Å². The van der Waals surface area contributed by atoms with Gasteiger partial charge in [-0.1, -0.05) is 0 Å². The van der Waals surface area contributed by atoms with Crippen LogP contribution in [0.4, 0.5) is 11.5 Å². The Balaban J connectivity index is 2.17. The summed E-state index contributed by atoms with van der Waals surface area (Å²) < 4.78 is 5.29. The first kappa shape index (κ1) is 15.2. The molecule has 0 atom stereocenters. The molecule has 2 rings (SSSR count). The Bertz CT molecular complexity index is 543. The first-order chi connectivity index (χ1) is 9.99. The van der Waals surface area contributed by atoms with E-state index in [2.05, 4.69) is 4.98 Å². The largest absolute Gasteiger partial charge is 0.477 e. The molecule has 1 fully saturated rings. The average molecular weight is 295 g/mol. The molecule has 0 bridgehead atoms. The predicted molar refractivity (Wildman–Crippen MR) is 74.7 cm³/mol. The van der Waals surface area contributed by atoms with Crippen LogP contribution in [0.5, 0.6) is 0 Å². The van der Waals surface area contributed by atoms with Crippen LogP contribution in [0, 0.1) is 16.0 Å². The summed E-state index contributed by atoms with van der Waals surface area (Å²) in [5, 5.41) is 19.9. The second kappa shape index (κ2) is 6.49. The number of carbonyl (C=O) groups is 1. The zero-order valence-corrected chi connectivity index (χ0v) is 11.7. The maximum atomic E-state index is 11.1. The van der Waals surface area contributed by atoms with E-state index in [1.54, 1.807) is 7.05 Å². The molecule has 114 valence electrons. The molecule has 0 unspecified atom stereocenters. The Morgan fingerprint density at radius 3 is 2.81 bits per heavy atom. The summed E-state index contributed by atoms with van der Waals surface area (Å²) in [5.41, 5.74) is -0.838. The first-order valence-electron chi connectivity index (χ1n) is 6.65. The number of nitrogens with zero attached hydrogens (tertiary/aromatic N) is 3. The number of aromatic nitrogens is 1. The Hall–Kier alpha value is -2.22. The lowest BCUT2D eigenvalue weighted by molar-refractivity contribution is -0.385. The molecular formula is C13H17N3O5. The zero-order valence-electron chi connectivity index (χ0n) is 11.7. The lowest BCUT2D eigenvalue weighted by atomic mass is 10.00. The molecule has 21 heavy (non-hydrogen) atoms. The highest BCUT2D eigenvalue weighted by Gasteiger charge is 2.23. The van der Waals surface area contributed by atoms with Gasteiger partial charge >= 0.3 is 11.7 Å². The van der Waals surface area contributed by atoms with Crippen molar-refractivity contribution in [2.24, 2.45) is 5.92 Å². The van der Waals surface area contributed by atoms with Gasteiger partial charge in [-0.3, -0.25) is 10.1 Å². The quantitative estimate of drug-likeness (QED) is 0.648. The van der Waals surface area contributed by atoms with Crippen molar-refractivity contribution in [3.05, 3.63) is 27.9 Å². The Morgan fingerprint density at radius 1 is 1.57 bits per heavy atom. The number of rotatable bonds is 5. The van der Waals surface area contributed by atoms with Gasteiger partial charge in [0.05, 0.1) is 4.92 Å². The molecule has 8 heteroatoms. The molecule has 1 aliphatic heterocycles. The van der Waals surface area contributed by atoms with E-state index >= 15 is 0 Å². The monoisotopic (exact) mass is 295 g/mol. The topological polar surface area (TPSA) is 106 Å². The summed E-state index contributed by atoms with van der Waals surface area (Å²) in [6.45, 7) is 2.17. The van der Waals surface area contributed by atoms with Crippen LogP contribution in [0.15, 0.2) is 12.3 Å². The highest BCUT2D eigenvalue weighted by atomic mass is 16.6. The van der Waals surface area contributed by atoms with Crippen molar-refractivity contribution in [1.82, 2.24) is 4.98 Å². The summed E-state index contributed by atoms with van der Waals surface area (Å²) >= 11 is 0. The van der Waals surface area contributed by atoms with E-state index in [9.17, 15) is 14.9 Å². The van der Waals surface area contributed by atoms with Crippen LogP contribution in [0.3, 0.4) is 0 Å². The van der Waals surface area contributed by atoms with Gasteiger partial charge in [-0.2, -0.15) is 0 Å². The predicted octanol–water partition coefficient (Wildman–Crippen LogP) is 1.55. The number of hydrogen-bond acceptors (Lipinski definition) is 6. The molecule has 0 saturated carbocycles. The van der Waals surface area contributed by atoms with E-state index in [4.69, 9.17) is 9.84 Å². The second-order valence-electron chi connectivity index (χ2n) is 5.06. The fraction of sp³-hybridized carbons (Fsp3) is 0.538. The maximum absolute atomic E-state index is 11.1. The molecule has 0 spiro atoms. The average Bonchev–Trinajstić information content (AvgIpc) is 2.47. The highest BCUT2D eigenvalue weighted by Crippen LogP contribution is 2.24. The minimum atomic E-state index is -1.33. The van der Waals surface area contributed by atoms with E-state index in [1.807, 2.05) is 4.90 Å². The molecule has 1 saturated heterocycles. The molecule has 1 aromatic rings. The van der Waals surface area contributed by atoms with Crippen molar-refractivity contribution >= 4 is 17.5 Å². The molecule has 1 N–H and O–H groups in total. The second-order valence-corrected chi connectivity index (χ2v) is 5.06. The summed E-state index contributed by atoms with van der Waals surface area (Å²) in [6, 6.07) is 1.25. The highest BCUT2D eigenvalue weighted by molar-refractivity contribution is 5.93. The number of pyridine rings is 1. The summed E-state index contributed by atoms with van der Waals surface area (Å²) in [4.78, 5) is 27.0. The molecule has 1 aromatic heterocycles. The Morgan fingerprint density at radius 2 is 2.24 bits per heavy atom. The van der Waals surface area contributed by atoms with Gasteiger partial charge < -0.3 is 14.7 Å².